The van der Waals surface area contributed by atoms with E-state index in [9.17, 15) is 4.79 Å². The molecule has 0 bridgehead atoms. The van der Waals surface area contributed by atoms with E-state index in [0.717, 1.165) is 24.4 Å². The third-order valence-corrected chi connectivity index (χ3v) is 5.72. The second-order valence-corrected chi connectivity index (χ2v) is 7.21. The molecule has 4 N–H and O–H groups in total. The molecule has 5 nitrogen and oxygen atoms in total. The molecule has 0 unspecified atom stereocenters. The molecule has 3 rings (SSSR count). The summed E-state index contributed by atoms with van der Waals surface area (Å²) in [4.78, 5) is 12.3. The first-order valence-electron chi connectivity index (χ1n) is 7.93. The van der Waals surface area contributed by atoms with Crippen LogP contribution in [0.3, 0.4) is 0 Å². The Bertz CT molecular complexity index is 518. The molecule has 21 heavy (non-hydrogen) atoms. The summed E-state index contributed by atoms with van der Waals surface area (Å²) >= 11 is 1.30. The SMILES string of the molecule is CCC1(CNc2snc(N)c2C(=O)NC2CC2)CCCC1. The van der Waals surface area contributed by atoms with Crippen molar-refractivity contribution in [1.82, 2.24) is 9.69 Å². The first kappa shape index (κ1) is 14.6. The Morgan fingerprint density at radius 3 is 2.76 bits per heavy atom. The number of aromatic nitrogens is 1. The van der Waals surface area contributed by atoms with Crippen LogP contribution in [0, 0.1) is 5.41 Å². The molecule has 116 valence electrons. The Balaban J connectivity index is 1.68. The highest BCUT2D eigenvalue weighted by Gasteiger charge is 2.33. The van der Waals surface area contributed by atoms with E-state index in [2.05, 4.69) is 21.9 Å². The van der Waals surface area contributed by atoms with Crippen molar-refractivity contribution < 1.29 is 4.79 Å². The lowest BCUT2D eigenvalue weighted by molar-refractivity contribution is 0.0953. The molecule has 0 atom stereocenters. The van der Waals surface area contributed by atoms with Crippen LogP contribution in [0.15, 0.2) is 0 Å². The Labute approximate surface area is 129 Å². The van der Waals surface area contributed by atoms with E-state index in [1.807, 2.05) is 0 Å². The minimum absolute atomic E-state index is 0.0804. The van der Waals surface area contributed by atoms with Gasteiger partial charge in [-0.05, 0) is 49.1 Å². The number of rotatable bonds is 6. The molecule has 0 radical (unpaired) electrons. The number of nitrogens with one attached hydrogen (secondary N) is 2. The maximum Gasteiger partial charge on any atom is 0.258 e. The van der Waals surface area contributed by atoms with Gasteiger partial charge in [0, 0.05) is 12.6 Å². The van der Waals surface area contributed by atoms with Crippen LogP contribution in [0.25, 0.3) is 0 Å². The van der Waals surface area contributed by atoms with Gasteiger partial charge in [-0.25, -0.2) is 0 Å². The maximum atomic E-state index is 12.3. The van der Waals surface area contributed by atoms with E-state index in [1.165, 1.54) is 43.6 Å². The fourth-order valence-corrected chi connectivity index (χ4v) is 3.88. The molecule has 0 aliphatic heterocycles. The lowest BCUT2D eigenvalue weighted by atomic mass is 9.83. The second-order valence-electron chi connectivity index (χ2n) is 6.43. The van der Waals surface area contributed by atoms with Crippen LogP contribution >= 0.6 is 11.5 Å². The number of nitrogens with zero attached hydrogens (tertiary/aromatic N) is 1. The first-order chi connectivity index (χ1) is 10.1. The zero-order chi connectivity index (χ0) is 14.9. The van der Waals surface area contributed by atoms with Crippen molar-refractivity contribution in [1.29, 1.82) is 0 Å². The topological polar surface area (TPSA) is 80.0 Å². The summed E-state index contributed by atoms with van der Waals surface area (Å²) in [5, 5.41) is 7.28. The van der Waals surface area contributed by atoms with Crippen LogP contribution in [0.1, 0.15) is 62.2 Å². The van der Waals surface area contributed by atoms with E-state index in [0.29, 0.717) is 22.8 Å². The number of hydrogen-bond donors (Lipinski definition) is 3. The quantitative estimate of drug-likeness (QED) is 0.754. The number of nitrogens with two attached hydrogens (primary N) is 1. The van der Waals surface area contributed by atoms with Gasteiger partial charge in [0.25, 0.3) is 5.91 Å². The average Bonchev–Trinajstić information content (AvgIpc) is 3.03. The number of anilines is 2. The van der Waals surface area contributed by atoms with Crippen molar-refractivity contribution in [3.05, 3.63) is 5.56 Å². The Morgan fingerprint density at radius 1 is 1.43 bits per heavy atom. The molecule has 0 saturated heterocycles. The molecule has 1 aromatic heterocycles. The third kappa shape index (κ3) is 3.15. The molecule has 1 aromatic rings. The summed E-state index contributed by atoms with van der Waals surface area (Å²) < 4.78 is 4.16. The van der Waals surface area contributed by atoms with Crippen LogP contribution in [0.2, 0.25) is 0 Å². The Hall–Kier alpha value is -1.30. The van der Waals surface area contributed by atoms with Crippen LogP contribution < -0.4 is 16.4 Å². The monoisotopic (exact) mass is 308 g/mol. The lowest BCUT2D eigenvalue weighted by Gasteiger charge is -2.27. The van der Waals surface area contributed by atoms with Gasteiger partial charge in [0.1, 0.15) is 10.6 Å². The fourth-order valence-electron chi connectivity index (χ4n) is 3.18. The largest absolute Gasteiger partial charge is 0.382 e. The lowest BCUT2D eigenvalue weighted by Crippen LogP contribution is -2.29. The fraction of sp³-hybridized carbons (Fsp3) is 0.733. The van der Waals surface area contributed by atoms with E-state index < -0.39 is 0 Å². The molecular formula is C15H24N4OS. The smallest absolute Gasteiger partial charge is 0.258 e. The number of carbonyl (C=O) groups is 1. The van der Waals surface area contributed by atoms with Crippen LogP contribution in [-0.4, -0.2) is 22.9 Å². The number of nitrogen functional groups attached to an aromatic ring is 1. The van der Waals surface area contributed by atoms with Gasteiger partial charge in [0.15, 0.2) is 5.82 Å². The van der Waals surface area contributed by atoms with E-state index in [1.54, 1.807) is 0 Å². The van der Waals surface area contributed by atoms with Crippen LogP contribution in [-0.2, 0) is 0 Å². The summed E-state index contributed by atoms with van der Waals surface area (Å²) in [6, 6.07) is 0.335. The summed E-state index contributed by atoms with van der Waals surface area (Å²) in [7, 11) is 0. The van der Waals surface area contributed by atoms with Crippen molar-refractivity contribution in [2.45, 2.75) is 57.9 Å². The summed E-state index contributed by atoms with van der Waals surface area (Å²) in [5.74, 6) is 0.265. The maximum absolute atomic E-state index is 12.3. The zero-order valence-corrected chi connectivity index (χ0v) is 13.4. The van der Waals surface area contributed by atoms with E-state index >= 15 is 0 Å². The predicted molar refractivity (Wildman–Crippen MR) is 86.7 cm³/mol. The summed E-state index contributed by atoms with van der Waals surface area (Å²) in [5.41, 5.74) is 6.80. The molecule has 2 fully saturated rings. The van der Waals surface area contributed by atoms with Gasteiger partial charge in [-0.2, -0.15) is 4.37 Å². The summed E-state index contributed by atoms with van der Waals surface area (Å²) in [6.07, 6.45) is 8.50. The normalized spacial score (nSPS) is 20.4. The minimum Gasteiger partial charge on any atom is -0.382 e. The molecule has 2 saturated carbocycles. The van der Waals surface area contributed by atoms with Crippen molar-refractivity contribution in [2.75, 3.05) is 17.6 Å². The minimum atomic E-state index is -0.0804. The van der Waals surface area contributed by atoms with E-state index in [4.69, 9.17) is 5.73 Å². The highest BCUT2D eigenvalue weighted by molar-refractivity contribution is 7.11. The molecular weight excluding hydrogens is 284 g/mol. The van der Waals surface area contributed by atoms with Crippen LogP contribution in [0.4, 0.5) is 10.8 Å². The Kier molecular flexibility index (Phi) is 4.06. The molecule has 1 amide bonds. The van der Waals surface area contributed by atoms with Gasteiger partial charge in [-0.1, -0.05) is 19.8 Å². The van der Waals surface area contributed by atoms with Crippen molar-refractivity contribution in [3.63, 3.8) is 0 Å². The van der Waals surface area contributed by atoms with Crippen molar-refractivity contribution in [2.24, 2.45) is 5.41 Å². The molecule has 1 heterocycles. The highest BCUT2D eigenvalue weighted by atomic mass is 32.1. The Morgan fingerprint density at radius 2 is 2.14 bits per heavy atom. The standard InChI is InChI=1S/C15H24N4OS/c1-2-15(7-3-4-8-15)9-17-14-11(12(16)19-21-14)13(20)18-10-5-6-10/h10,17H,2-9H2,1H3,(H2,16,19)(H,18,20). The summed E-state index contributed by atoms with van der Waals surface area (Å²) in [6.45, 7) is 3.17. The number of hydrogen-bond acceptors (Lipinski definition) is 5. The number of amides is 1. The molecule has 6 heteroatoms. The van der Waals surface area contributed by atoms with Crippen molar-refractivity contribution >= 4 is 28.3 Å². The van der Waals surface area contributed by atoms with Gasteiger partial charge in [-0.3, -0.25) is 4.79 Å². The van der Waals surface area contributed by atoms with Gasteiger partial charge in [0.2, 0.25) is 0 Å². The van der Waals surface area contributed by atoms with Crippen LogP contribution in [0.5, 0.6) is 0 Å². The second kappa shape index (κ2) is 5.83. The van der Waals surface area contributed by atoms with E-state index in [-0.39, 0.29) is 5.91 Å². The first-order valence-corrected chi connectivity index (χ1v) is 8.71. The molecule has 0 spiro atoms. The van der Waals surface area contributed by atoms with Gasteiger partial charge < -0.3 is 16.4 Å². The highest BCUT2D eigenvalue weighted by Crippen LogP contribution is 2.41. The number of carbonyl (C=O) groups excluding carboxylic acids is 1. The van der Waals surface area contributed by atoms with Gasteiger partial charge in [-0.15, -0.1) is 0 Å². The molecule has 2 aliphatic rings. The predicted octanol–water partition coefficient (Wildman–Crippen LogP) is 3.00. The average molecular weight is 308 g/mol. The molecule has 2 aliphatic carbocycles. The van der Waals surface area contributed by atoms with Crippen molar-refractivity contribution in [3.8, 4) is 0 Å². The zero-order valence-electron chi connectivity index (χ0n) is 12.6. The van der Waals surface area contributed by atoms with Gasteiger partial charge in [0.05, 0.1) is 0 Å². The third-order valence-electron chi connectivity index (χ3n) is 4.90. The molecule has 0 aromatic carbocycles. The van der Waals surface area contributed by atoms with Gasteiger partial charge >= 0.3 is 0 Å².